The van der Waals surface area contributed by atoms with Crippen molar-refractivity contribution in [3.05, 3.63) is 35.8 Å². The van der Waals surface area contributed by atoms with E-state index in [2.05, 4.69) is 9.97 Å². The molecule has 1 aromatic carbocycles. The lowest BCUT2D eigenvalue weighted by Crippen LogP contribution is -1.90. The number of aromatic nitrogens is 2. The first-order chi connectivity index (χ1) is 7.76. The molecule has 4 nitrogen and oxygen atoms in total. The first-order valence-corrected chi connectivity index (χ1v) is 4.84. The standard InChI is InChI=1S/C12H11N3O/c1-8-3-4-11(16-2)9(5-8)12-10(6-13)14-7-15-12/h3-5,7H,1-2H3,(H,14,15). The summed E-state index contributed by atoms with van der Waals surface area (Å²) in [5.41, 5.74) is 3.04. The fourth-order valence-electron chi connectivity index (χ4n) is 1.60. The quantitative estimate of drug-likeness (QED) is 0.832. The molecule has 0 aliphatic rings. The van der Waals surface area contributed by atoms with Crippen LogP contribution in [0, 0.1) is 18.3 Å². The molecule has 1 N–H and O–H groups in total. The van der Waals surface area contributed by atoms with E-state index in [4.69, 9.17) is 10.00 Å². The number of aromatic amines is 1. The minimum Gasteiger partial charge on any atom is -0.496 e. The van der Waals surface area contributed by atoms with Crippen LogP contribution in [0.2, 0.25) is 0 Å². The normalized spacial score (nSPS) is 9.81. The van der Waals surface area contributed by atoms with Crippen LogP contribution in [0.3, 0.4) is 0 Å². The Kier molecular flexibility index (Phi) is 2.61. The van der Waals surface area contributed by atoms with E-state index in [9.17, 15) is 0 Å². The first kappa shape index (κ1) is 10.2. The lowest BCUT2D eigenvalue weighted by Gasteiger charge is -2.07. The maximum absolute atomic E-state index is 8.93. The molecule has 2 aromatic rings. The molecule has 0 bridgehead atoms. The molecule has 1 aromatic heterocycles. The molecule has 0 atom stereocenters. The van der Waals surface area contributed by atoms with Crippen molar-refractivity contribution in [2.75, 3.05) is 7.11 Å². The van der Waals surface area contributed by atoms with Gasteiger partial charge in [-0.15, -0.1) is 0 Å². The Bertz CT molecular complexity index is 552. The van der Waals surface area contributed by atoms with Gasteiger partial charge in [0.25, 0.3) is 0 Å². The number of nitrogens with zero attached hydrogens (tertiary/aromatic N) is 2. The zero-order chi connectivity index (χ0) is 11.5. The molecule has 0 aliphatic heterocycles. The molecule has 0 radical (unpaired) electrons. The van der Waals surface area contributed by atoms with Gasteiger partial charge in [0.1, 0.15) is 11.8 Å². The molecule has 0 fully saturated rings. The van der Waals surface area contributed by atoms with Crippen molar-refractivity contribution in [1.82, 2.24) is 9.97 Å². The zero-order valence-corrected chi connectivity index (χ0v) is 9.11. The summed E-state index contributed by atoms with van der Waals surface area (Å²) in [4.78, 5) is 6.91. The number of nitrogens with one attached hydrogen (secondary N) is 1. The molecule has 2 rings (SSSR count). The maximum atomic E-state index is 8.93. The van der Waals surface area contributed by atoms with E-state index < -0.39 is 0 Å². The molecule has 4 heteroatoms. The van der Waals surface area contributed by atoms with Crippen molar-refractivity contribution in [1.29, 1.82) is 5.26 Å². The molecule has 0 aliphatic carbocycles. The molecule has 16 heavy (non-hydrogen) atoms. The third kappa shape index (κ3) is 1.63. The van der Waals surface area contributed by atoms with Gasteiger partial charge in [0.05, 0.1) is 19.1 Å². The summed E-state index contributed by atoms with van der Waals surface area (Å²) in [7, 11) is 1.61. The van der Waals surface area contributed by atoms with Crippen LogP contribution in [0.15, 0.2) is 24.5 Å². The van der Waals surface area contributed by atoms with Crippen LogP contribution in [0.1, 0.15) is 11.3 Å². The smallest absolute Gasteiger partial charge is 0.166 e. The van der Waals surface area contributed by atoms with Crippen LogP contribution >= 0.6 is 0 Å². The number of aryl methyl sites for hydroxylation is 1. The summed E-state index contributed by atoms with van der Waals surface area (Å²) in [6.45, 7) is 1.99. The van der Waals surface area contributed by atoms with Gasteiger partial charge >= 0.3 is 0 Å². The van der Waals surface area contributed by atoms with E-state index in [1.54, 1.807) is 7.11 Å². The van der Waals surface area contributed by atoms with E-state index in [-0.39, 0.29) is 0 Å². The highest BCUT2D eigenvalue weighted by molar-refractivity contribution is 5.71. The number of benzene rings is 1. The SMILES string of the molecule is COc1ccc(C)cc1-c1[nH]cnc1C#N. The van der Waals surface area contributed by atoms with Gasteiger partial charge in [-0.05, 0) is 19.1 Å². The highest BCUT2D eigenvalue weighted by Crippen LogP contribution is 2.30. The molecule has 0 saturated heterocycles. The summed E-state index contributed by atoms with van der Waals surface area (Å²) in [6.07, 6.45) is 1.51. The largest absolute Gasteiger partial charge is 0.496 e. The average Bonchev–Trinajstić information content (AvgIpc) is 2.76. The maximum Gasteiger partial charge on any atom is 0.166 e. The zero-order valence-electron chi connectivity index (χ0n) is 9.11. The van der Waals surface area contributed by atoms with Gasteiger partial charge < -0.3 is 9.72 Å². The van der Waals surface area contributed by atoms with Crippen LogP contribution in [0.25, 0.3) is 11.3 Å². The molecular weight excluding hydrogens is 202 g/mol. The number of rotatable bonds is 2. The number of hydrogen-bond acceptors (Lipinski definition) is 3. The average molecular weight is 213 g/mol. The Balaban J connectivity index is 2.63. The number of nitriles is 1. The van der Waals surface area contributed by atoms with Gasteiger partial charge in [0.15, 0.2) is 5.69 Å². The van der Waals surface area contributed by atoms with Gasteiger partial charge in [0, 0.05) is 5.56 Å². The Hall–Kier alpha value is -2.28. The number of methoxy groups -OCH3 is 1. The Morgan fingerprint density at radius 1 is 1.44 bits per heavy atom. The number of hydrogen-bond donors (Lipinski definition) is 1. The summed E-state index contributed by atoms with van der Waals surface area (Å²) < 4.78 is 5.27. The van der Waals surface area contributed by atoms with Gasteiger partial charge in [-0.1, -0.05) is 11.6 Å². The lowest BCUT2D eigenvalue weighted by atomic mass is 10.1. The van der Waals surface area contributed by atoms with E-state index in [0.717, 1.165) is 16.9 Å². The third-order valence-corrected chi connectivity index (χ3v) is 2.37. The fraction of sp³-hybridized carbons (Fsp3) is 0.167. The summed E-state index contributed by atoms with van der Waals surface area (Å²) in [5, 5.41) is 8.93. The Morgan fingerprint density at radius 2 is 2.25 bits per heavy atom. The van der Waals surface area contributed by atoms with E-state index in [1.807, 2.05) is 31.2 Å². The molecule has 0 unspecified atom stereocenters. The Labute approximate surface area is 93.5 Å². The van der Waals surface area contributed by atoms with Crippen molar-refractivity contribution < 1.29 is 4.74 Å². The van der Waals surface area contributed by atoms with Crippen LogP contribution in [0.5, 0.6) is 5.75 Å². The second kappa shape index (κ2) is 4.07. The minimum absolute atomic E-state index is 0.379. The topological polar surface area (TPSA) is 61.7 Å². The molecule has 0 saturated carbocycles. The predicted molar refractivity (Wildman–Crippen MR) is 60.0 cm³/mol. The van der Waals surface area contributed by atoms with Crippen molar-refractivity contribution in [3.8, 4) is 23.1 Å². The highest BCUT2D eigenvalue weighted by atomic mass is 16.5. The second-order valence-corrected chi connectivity index (χ2v) is 3.44. The molecule has 0 spiro atoms. The molecule has 80 valence electrons. The van der Waals surface area contributed by atoms with E-state index >= 15 is 0 Å². The monoisotopic (exact) mass is 213 g/mol. The molecular formula is C12H11N3O. The van der Waals surface area contributed by atoms with Crippen LogP contribution in [-0.2, 0) is 0 Å². The number of H-pyrrole nitrogens is 1. The minimum atomic E-state index is 0.379. The van der Waals surface area contributed by atoms with Gasteiger partial charge in [-0.2, -0.15) is 5.26 Å². The Morgan fingerprint density at radius 3 is 2.94 bits per heavy atom. The van der Waals surface area contributed by atoms with Gasteiger partial charge in [-0.25, -0.2) is 4.98 Å². The fourth-order valence-corrected chi connectivity index (χ4v) is 1.60. The molecule has 1 heterocycles. The lowest BCUT2D eigenvalue weighted by molar-refractivity contribution is 0.416. The van der Waals surface area contributed by atoms with Crippen molar-refractivity contribution >= 4 is 0 Å². The van der Waals surface area contributed by atoms with Crippen LogP contribution < -0.4 is 4.74 Å². The highest BCUT2D eigenvalue weighted by Gasteiger charge is 2.12. The van der Waals surface area contributed by atoms with Crippen LogP contribution in [0.4, 0.5) is 0 Å². The number of imidazole rings is 1. The summed E-state index contributed by atoms with van der Waals surface area (Å²) >= 11 is 0. The molecule has 0 amide bonds. The third-order valence-electron chi connectivity index (χ3n) is 2.37. The first-order valence-electron chi connectivity index (χ1n) is 4.84. The van der Waals surface area contributed by atoms with Crippen LogP contribution in [-0.4, -0.2) is 17.1 Å². The van der Waals surface area contributed by atoms with Gasteiger partial charge in [-0.3, -0.25) is 0 Å². The second-order valence-electron chi connectivity index (χ2n) is 3.44. The van der Waals surface area contributed by atoms with E-state index in [1.165, 1.54) is 6.33 Å². The van der Waals surface area contributed by atoms with Gasteiger partial charge in [0.2, 0.25) is 0 Å². The number of ether oxygens (including phenoxy) is 1. The van der Waals surface area contributed by atoms with Crippen molar-refractivity contribution in [2.45, 2.75) is 6.92 Å². The predicted octanol–water partition coefficient (Wildman–Crippen LogP) is 2.27. The van der Waals surface area contributed by atoms with Crippen molar-refractivity contribution in [3.63, 3.8) is 0 Å². The summed E-state index contributed by atoms with van der Waals surface area (Å²) in [6, 6.07) is 7.86. The summed E-state index contributed by atoms with van der Waals surface area (Å²) in [5.74, 6) is 0.728. The van der Waals surface area contributed by atoms with E-state index in [0.29, 0.717) is 11.4 Å². The van der Waals surface area contributed by atoms with Crippen molar-refractivity contribution in [2.24, 2.45) is 0 Å².